The van der Waals surface area contributed by atoms with Gasteiger partial charge in [0.25, 0.3) is 5.91 Å². The van der Waals surface area contributed by atoms with Gasteiger partial charge in [0, 0.05) is 22.2 Å². The smallest absolute Gasteiger partial charge is 0.262 e. The summed E-state index contributed by atoms with van der Waals surface area (Å²) in [5.74, 6) is 0.160. The molecule has 1 amide bonds. The monoisotopic (exact) mass is 434 g/mol. The molecule has 3 heterocycles. The Morgan fingerprint density at radius 2 is 1.94 bits per heavy atom. The minimum absolute atomic E-state index is 0.0123. The summed E-state index contributed by atoms with van der Waals surface area (Å²) >= 11 is 1.62. The third kappa shape index (κ3) is 3.70. The van der Waals surface area contributed by atoms with Crippen molar-refractivity contribution in [1.82, 2.24) is 14.8 Å². The Morgan fingerprint density at radius 3 is 2.68 bits per heavy atom. The average molecular weight is 434 g/mol. The molecule has 0 fully saturated rings. The van der Waals surface area contributed by atoms with Gasteiger partial charge in [-0.3, -0.25) is 9.48 Å². The van der Waals surface area contributed by atoms with E-state index < -0.39 is 0 Å². The Hall–Kier alpha value is -3.52. The maximum absolute atomic E-state index is 13.6. The molecule has 0 spiro atoms. The van der Waals surface area contributed by atoms with E-state index in [2.05, 4.69) is 10.3 Å². The zero-order valence-electron chi connectivity index (χ0n) is 17.0. The van der Waals surface area contributed by atoms with Gasteiger partial charge in [0.15, 0.2) is 6.61 Å². The number of hydrogen-bond donors (Lipinski definition) is 1. The Morgan fingerprint density at radius 1 is 1.16 bits per heavy atom. The number of hydrogen-bond acceptors (Lipinski definition) is 5. The van der Waals surface area contributed by atoms with Crippen LogP contribution < -0.4 is 10.1 Å². The van der Waals surface area contributed by atoms with Crippen LogP contribution in [0.2, 0.25) is 0 Å². The van der Waals surface area contributed by atoms with Gasteiger partial charge >= 0.3 is 0 Å². The standard InChI is InChI=1S/C23H19FN4O2S/c1-13-22(16-5-8-20-19(9-16)26-21(29)12-30-20)23(15-3-6-17(24)7-4-15)28(27-13)11-18-10-25-14(2)31-18/h3-10H,11-12H2,1-2H3,(H,26,29). The fourth-order valence-corrected chi connectivity index (χ4v) is 4.58. The molecule has 0 atom stereocenters. The summed E-state index contributed by atoms with van der Waals surface area (Å²) in [4.78, 5) is 17.2. The third-order valence-corrected chi connectivity index (χ3v) is 6.02. The number of amides is 1. The molecule has 0 saturated heterocycles. The highest BCUT2D eigenvalue weighted by Gasteiger charge is 2.22. The highest BCUT2D eigenvalue weighted by molar-refractivity contribution is 7.11. The van der Waals surface area contributed by atoms with Crippen molar-refractivity contribution in [3.8, 4) is 28.1 Å². The van der Waals surface area contributed by atoms with E-state index in [4.69, 9.17) is 9.84 Å². The zero-order chi connectivity index (χ0) is 21.5. The van der Waals surface area contributed by atoms with Crippen molar-refractivity contribution >= 4 is 22.9 Å². The van der Waals surface area contributed by atoms with Gasteiger partial charge in [-0.05, 0) is 55.8 Å². The van der Waals surface area contributed by atoms with E-state index in [0.717, 1.165) is 38.0 Å². The highest BCUT2D eigenvalue weighted by atomic mass is 32.1. The highest BCUT2D eigenvalue weighted by Crippen LogP contribution is 2.39. The average Bonchev–Trinajstić information content (AvgIpc) is 3.30. The van der Waals surface area contributed by atoms with Gasteiger partial charge in [-0.25, -0.2) is 9.37 Å². The lowest BCUT2D eigenvalue weighted by molar-refractivity contribution is -0.118. The van der Waals surface area contributed by atoms with Crippen molar-refractivity contribution in [2.45, 2.75) is 20.4 Å². The van der Waals surface area contributed by atoms with Crippen LogP contribution in [0.25, 0.3) is 22.4 Å². The maximum Gasteiger partial charge on any atom is 0.262 e. The largest absolute Gasteiger partial charge is 0.482 e. The van der Waals surface area contributed by atoms with Crippen molar-refractivity contribution in [2.75, 3.05) is 11.9 Å². The third-order valence-electron chi connectivity index (χ3n) is 5.12. The SMILES string of the molecule is Cc1ncc(Cn2nc(C)c(-c3ccc4c(c3)NC(=O)CO4)c2-c2ccc(F)cc2)s1. The molecule has 156 valence electrons. The summed E-state index contributed by atoms with van der Waals surface area (Å²) in [7, 11) is 0. The number of fused-ring (bicyclic) bond motifs is 1. The van der Waals surface area contributed by atoms with Crippen LogP contribution in [0.1, 0.15) is 15.6 Å². The molecule has 0 bridgehead atoms. The van der Waals surface area contributed by atoms with Gasteiger partial charge in [-0.15, -0.1) is 11.3 Å². The molecule has 0 radical (unpaired) electrons. The Balaban J connectivity index is 1.67. The summed E-state index contributed by atoms with van der Waals surface area (Å²) in [6, 6.07) is 12.1. The van der Waals surface area contributed by atoms with Crippen LogP contribution in [0.3, 0.4) is 0 Å². The van der Waals surface area contributed by atoms with Crippen molar-refractivity contribution in [3.63, 3.8) is 0 Å². The molecule has 0 aliphatic carbocycles. The lowest BCUT2D eigenvalue weighted by Gasteiger charge is -2.19. The molecule has 1 N–H and O–H groups in total. The summed E-state index contributed by atoms with van der Waals surface area (Å²) in [5.41, 5.74) is 5.03. The van der Waals surface area contributed by atoms with E-state index >= 15 is 0 Å². The summed E-state index contributed by atoms with van der Waals surface area (Å²) in [6.07, 6.45) is 1.86. The van der Waals surface area contributed by atoms with Crippen LogP contribution >= 0.6 is 11.3 Å². The Kier molecular flexibility index (Phi) is 4.78. The number of halogens is 1. The van der Waals surface area contributed by atoms with Crippen molar-refractivity contribution in [3.05, 3.63) is 70.1 Å². The van der Waals surface area contributed by atoms with E-state index in [0.29, 0.717) is 18.0 Å². The number of nitrogens with one attached hydrogen (secondary N) is 1. The van der Waals surface area contributed by atoms with Crippen molar-refractivity contribution in [1.29, 1.82) is 0 Å². The topological polar surface area (TPSA) is 69.0 Å². The number of nitrogens with zero attached hydrogens (tertiary/aromatic N) is 3. The molecule has 0 unspecified atom stereocenters. The van der Waals surface area contributed by atoms with Crippen LogP contribution in [0.5, 0.6) is 5.75 Å². The first-order chi connectivity index (χ1) is 15.0. The quantitative estimate of drug-likeness (QED) is 0.501. The molecule has 1 aliphatic rings. The first-order valence-corrected chi connectivity index (χ1v) is 10.6. The first-order valence-electron chi connectivity index (χ1n) is 9.79. The number of ether oxygens (including phenoxy) is 1. The molecular formula is C23H19FN4O2S. The Labute approximate surface area is 182 Å². The second-order valence-electron chi connectivity index (χ2n) is 7.37. The number of aromatic nitrogens is 3. The minimum atomic E-state index is -0.292. The number of carbonyl (C=O) groups excluding carboxylic acids is 1. The van der Waals surface area contributed by atoms with E-state index in [1.54, 1.807) is 23.5 Å². The lowest BCUT2D eigenvalue weighted by Crippen LogP contribution is -2.25. The van der Waals surface area contributed by atoms with E-state index in [-0.39, 0.29) is 18.3 Å². The van der Waals surface area contributed by atoms with Gasteiger partial charge in [0.1, 0.15) is 11.6 Å². The predicted octanol–water partition coefficient (Wildman–Crippen LogP) is 4.81. The molecule has 1 aliphatic heterocycles. The summed E-state index contributed by atoms with van der Waals surface area (Å²) < 4.78 is 21.0. The summed E-state index contributed by atoms with van der Waals surface area (Å²) in [5, 5.41) is 8.65. The van der Waals surface area contributed by atoms with Gasteiger partial charge in [0.2, 0.25) is 0 Å². The second-order valence-corrected chi connectivity index (χ2v) is 8.69. The number of carbonyl (C=O) groups is 1. The fourth-order valence-electron chi connectivity index (χ4n) is 3.81. The van der Waals surface area contributed by atoms with Crippen LogP contribution in [-0.4, -0.2) is 27.3 Å². The molecule has 4 aromatic rings. The Bertz CT molecular complexity index is 1290. The molecule has 5 rings (SSSR count). The van der Waals surface area contributed by atoms with Gasteiger partial charge in [-0.1, -0.05) is 6.07 Å². The molecule has 6 nitrogen and oxygen atoms in total. The van der Waals surface area contributed by atoms with Crippen molar-refractivity contribution < 1.29 is 13.9 Å². The summed E-state index contributed by atoms with van der Waals surface area (Å²) in [6.45, 7) is 4.49. The van der Waals surface area contributed by atoms with E-state index in [9.17, 15) is 9.18 Å². The van der Waals surface area contributed by atoms with E-state index in [1.165, 1.54) is 12.1 Å². The van der Waals surface area contributed by atoms with Crippen molar-refractivity contribution in [2.24, 2.45) is 0 Å². The predicted molar refractivity (Wildman–Crippen MR) is 118 cm³/mol. The molecular weight excluding hydrogens is 415 g/mol. The van der Waals surface area contributed by atoms with Gasteiger partial charge in [0.05, 0.1) is 28.6 Å². The molecule has 31 heavy (non-hydrogen) atoms. The van der Waals surface area contributed by atoms with E-state index in [1.807, 2.05) is 42.9 Å². The fraction of sp³-hybridized carbons (Fsp3) is 0.174. The minimum Gasteiger partial charge on any atom is -0.482 e. The molecule has 2 aromatic carbocycles. The number of thiazole rings is 1. The molecule has 2 aromatic heterocycles. The van der Waals surface area contributed by atoms with Gasteiger partial charge < -0.3 is 10.1 Å². The second kappa shape index (κ2) is 7.63. The number of aryl methyl sites for hydroxylation is 2. The lowest BCUT2D eigenvalue weighted by atomic mass is 9.98. The van der Waals surface area contributed by atoms with Crippen LogP contribution in [0.15, 0.2) is 48.7 Å². The number of anilines is 1. The van der Waals surface area contributed by atoms with Gasteiger partial charge in [-0.2, -0.15) is 5.10 Å². The number of benzene rings is 2. The van der Waals surface area contributed by atoms with Crippen LogP contribution in [0.4, 0.5) is 10.1 Å². The molecule has 0 saturated carbocycles. The van der Waals surface area contributed by atoms with Crippen LogP contribution in [0, 0.1) is 19.7 Å². The molecule has 8 heteroatoms. The van der Waals surface area contributed by atoms with Crippen LogP contribution in [-0.2, 0) is 11.3 Å². The maximum atomic E-state index is 13.6. The normalized spacial score (nSPS) is 12.9. The first kappa shape index (κ1) is 19.4. The number of rotatable bonds is 4. The zero-order valence-corrected chi connectivity index (χ0v) is 17.8.